The van der Waals surface area contributed by atoms with Crippen LogP contribution >= 0.6 is 24.0 Å². The van der Waals surface area contributed by atoms with Crippen molar-refractivity contribution in [2.45, 2.75) is 32.4 Å². The lowest BCUT2D eigenvalue weighted by Crippen LogP contribution is -2.41. The van der Waals surface area contributed by atoms with Crippen LogP contribution in [0.25, 0.3) is 0 Å². The molecule has 1 heterocycles. The van der Waals surface area contributed by atoms with Crippen LogP contribution < -0.4 is 15.8 Å². The van der Waals surface area contributed by atoms with Gasteiger partial charge in [-0.1, -0.05) is 30.3 Å². The quantitative estimate of drug-likeness (QED) is 0.285. The van der Waals surface area contributed by atoms with Gasteiger partial charge in [0.15, 0.2) is 5.96 Å². The molecule has 0 spiro atoms. The molecule has 148 valence electrons. The zero-order valence-electron chi connectivity index (χ0n) is 15.2. The van der Waals surface area contributed by atoms with Gasteiger partial charge in [0.2, 0.25) is 10.0 Å². The van der Waals surface area contributed by atoms with Crippen molar-refractivity contribution in [1.29, 1.82) is 0 Å². The Bertz CT molecular complexity index is 654. The van der Waals surface area contributed by atoms with Gasteiger partial charge < -0.3 is 10.6 Å². The van der Waals surface area contributed by atoms with Gasteiger partial charge in [-0.05, 0) is 31.9 Å². The molecule has 0 aliphatic carbocycles. The number of halogens is 1. The number of aliphatic imine (C=N–C) groups is 1. The highest BCUT2D eigenvalue weighted by atomic mass is 127. The average Bonchev–Trinajstić information content (AvgIpc) is 2.99. The molecule has 7 nitrogen and oxygen atoms in total. The van der Waals surface area contributed by atoms with Gasteiger partial charge >= 0.3 is 0 Å². The number of nitrogens with zero attached hydrogens (tertiary/aromatic N) is 2. The molecular weight excluding hydrogens is 465 g/mol. The third-order valence-electron chi connectivity index (χ3n) is 4.21. The van der Waals surface area contributed by atoms with Crippen LogP contribution in [0.2, 0.25) is 0 Å². The molecule has 1 saturated heterocycles. The van der Waals surface area contributed by atoms with E-state index in [4.69, 9.17) is 5.14 Å². The normalized spacial score (nSPS) is 18.4. The summed E-state index contributed by atoms with van der Waals surface area (Å²) in [7, 11) is -3.46. The van der Waals surface area contributed by atoms with Crippen LogP contribution in [-0.4, -0.2) is 57.3 Å². The smallest absolute Gasteiger partial charge is 0.210 e. The van der Waals surface area contributed by atoms with E-state index in [9.17, 15) is 8.42 Å². The van der Waals surface area contributed by atoms with Crippen molar-refractivity contribution in [1.82, 2.24) is 15.5 Å². The van der Waals surface area contributed by atoms with Crippen molar-refractivity contribution in [2.24, 2.45) is 10.1 Å². The monoisotopic (exact) mass is 495 g/mol. The second kappa shape index (κ2) is 11.7. The van der Waals surface area contributed by atoms with E-state index in [0.29, 0.717) is 18.5 Å². The fourth-order valence-electron chi connectivity index (χ4n) is 2.98. The second-order valence-corrected chi connectivity index (χ2v) is 8.00. The van der Waals surface area contributed by atoms with Crippen LogP contribution in [0.4, 0.5) is 0 Å². The maximum Gasteiger partial charge on any atom is 0.210 e. The van der Waals surface area contributed by atoms with E-state index in [2.05, 4.69) is 44.8 Å². The van der Waals surface area contributed by atoms with E-state index in [0.717, 1.165) is 26.1 Å². The minimum absolute atomic E-state index is 0. The Morgan fingerprint density at radius 2 is 2.04 bits per heavy atom. The van der Waals surface area contributed by atoms with Gasteiger partial charge in [0.25, 0.3) is 0 Å². The largest absolute Gasteiger partial charge is 0.357 e. The van der Waals surface area contributed by atoms with Crippen LogP contribution in [0.3, 0.4) is 0 Å². The fraction of sp³-hybridized carbons (Fsp3) is 0.588. The summed E-state index contributed by atoms with van der Waals surface area (Å²) < 4.78 is 22.1. The molecule has 0 bridgehead atoms. The molecule has 4 N–H and O–H groups in total. The molecule has 1 fully saturated rings. The predicted molar refractivity (Wildman–Crippen MR) is 117 cm³/mol. The van der Waals surface area contributed by atoms with Crippen molar-refractivity contribution in [3.05, 3.63) is 35.9 Å². The zero-order valence-corrected chi connectivity index (χ0v) is 18.4. The Labute approximate surface area is 173 Å². The molecule has 1 aliphatic rings. The van der Waals surface area contributed by atoms with E-state index in [1.54, 1.807) is 0 Å². The van der Waals surface area contributed by atoms with E-state index in [-0.39, 0.29) is 36.3 Å². The first kappa shape index (κ1) is 23.1. The van der Waals surface area contributed by atoms with E-state index < -0.39 is 10.0 Å². The number of nitrogens with one attached hydrogen (secondary N) is 2. The number of hydrogen-bond acceptors (Lipinski definition) is 4. The van der Waals surface area contributed by atoms with Crippen molar-refractivity contribution in [2.75, 3.05) is 31.9 Å². The van der Waals surface area contributed by atoms with Crippen LogP contribution in [-0.2, 0) is 16.6 Å². The third kappa shape index (κ3) is 8.65. The SMILES string of the molecule is CCNC(=NCC1CCCN1Cc1ccccc1)NCCS(N)(=O)=O.I. The molecule has 26 heavy (non-hydrogen) atoms. The summed E-state index contributed by atoms with van der Waals surface area (Å²) in [6.07, 6.45) is 2.31. The molecule has 0 saturated carbocycles. The van der Waals surface area contributed by atoms with E-state index >= 15 is 0 Å². The van der Waals surface area contributed by atoms with E-state index in [1.807, 2.05) is 13.0 Å². The summed E-state index contributed by atoms with van der Waals surface area (Å²) in [5, 5.41) is 11.2. The van der Waals surface area contributed by atoms with Gasteiger partial charge in [-0.15, -0.1) is 24.0 Å². The molecule has 0 aromatic heterocycles. The van der Waals surface area contributed by atoms with Crippen LogP contribution in [0.5, 0.6) is 0 Å². The Hall–Kier alpha value is -0.910. The van der Waals surface area contributed by atoms with Gasteiger partial charge in [-0.25, -0.2) is 13.6 Å². The highest BCUT2D eigenvalue weighted by molar-refractivity contribution is 14.0. The number of rotatable bonds is 8. The standard InChI is InChI=1S/C17H29N5O2S.HI/c1-2-19-17(20-10-12-25(18,23)24)21-13-16-9-6-11-22(16)14-15-7-4-3-5-8-15;/h3-5,7-8,16H,2,6,9-14H2,1H3,(H2,18,23,24)(H2,19,20,21);1H. The molecule has 1 unspecified atom stereocenters. The van der Waals surface area contributed by atoms with Crippen molar-refractivity contribution in [3.63, 3.8) is 0 Å². The first-order valence-corrected chi connectivity index (χ1v) is 10.5. The highest BCUT2D eigenvalue weighted by Crippen LogP contribution is 2.20. The number of hydrogen-bond donors (Lipinski definition) is 3. The molecule has 1 aromatic rings. The van der Waals surface area contributed by atoms with Crippen LogP contribution in [0, 0.1) is 0 Å². The molecule has 9 heteroatoms. The van der Waals surface area contributed by atoms with Crippen LogP contribution in [0.15, 0.2) is 35.3 Å². The number of sulfonamides is 1. The molecule has 0 amide bonds. The minimum atomic E-state index is -3.46. The van der Waals surface area contributed by atoms with Gasteiger partial charge in [0.05, 0.1) is 12.3 Å². The highest BCUT2D eigenvalue weighted by Gasteiger charge is 2.24. The van der Waals surface area contributed by atoms with Gasteiger partial charge in [-0.2, -0.15) is 0 Å². The molecule has 1 aliphatic heterocycles. The number of likely N-dealkylation sites (tertiary alicyclic amines) is 1. The van der Waals surface area contributed by atoms with Crippen molar-refractivity contribution in [3.8, 4) is 0 Å². The van der Waals surface area contributed by atoms with Crippen molar-refractivity contribution >= 4 is 40.0 Å². The minimum Gasteiger partial charge on any atom is -0.357 e. The van der Waals surface area contributed by atoms with Gasteiger partial charge in [0, 0.05) is 25.7 Å². The zero-order chi connectivity index (χ0) is 18.1. The number of guanidine groups is 1. The fourth-order valence-corrected chi connectivity index (χ4v) is 3.36. The first-order chi connectivity index (χ1) is 12.0. The summed E-state index contributed by atoms with van der Waals surface area (Å²) in [5.74, 6) is 0.527. The Morgan fingerprint density at radius 1 is 1.31 bits per heavy atom. The van der Waals surface area contributed by atoms with Crippen LogP contribution in [0.1, 0.15) is 25.3 Å². The maximum absolute atomic E-state index is 11.0. The summed E-state index contributed by atoms with van der Waals surface area (Å²) in [5.41, 5.74) is 1.32. The van der Waals surface area contributed by atoms with E-state index in [1.165, 1.54) is 12.0 Å². The summed E-state index contributed by atoms with van der Waals surface area (Å²) >= 11 is 0. The lowest BCUT2D eigenvalue weighted by Gasteiger charge is -2.23. The summed E-state index contributed by atoms with van der Waals surface area (Å²) in [4.78, 5) is 7.09. The maximum atomic E-state index is 11.0. The third-order valence-corrected chi connectivity index (χ3v) is 4.98. The topological polar surface area (TPSA) is 99.8 Å². The second-order valence-electron chi connectivity index (χ2n) is 6.27. The van der Waals surface area contributed by atoms with Gasteiger partial charge in [0.1, 0.15) is 0 Å². The summed E-state index contributed by atoms with van der Waals surface area (Å²) in [6.45, 7) is 5.68. The number of benzene rings is 1. The lowest BCUT2D eigenvalue weighted by atomic mass is 10.2. The first-order valence-electron chi connectivity index (χ1n) is 8.78. The number of primary sulfonamides is 1. The molecule has 0 radical (unpaired) electrons. The molecule has 1 atom stereocenters. The summed E-state index contributed by atoms with van der Waals surface area (Å²) in [6, 6.07) is 10.9. The molecular formula is C17H30IN5O2S. The average molecular weight is 495 g/mol. The van der Waals surface area contributed by atoms with Gasteiger partial charge in [-0.3, -0.25) is 9.89 Å². The Kier molecular flexibility index (Phi) is 10.4. The Balaban J connectivity index is 0.00000338. The number of nitrogens with two attached hydrogens (primary N) is 1. The molecule has 2 rings (SSSR count). The lowest BCUT2D eigenvalue weighted by molar-refractivity contribution is 0.250. The Morgan fingerprint density at radius 3 is 2.69 bits per heavy atom. The predicted octanol–water partition coefficient (Wildman–Crippen LogP) is 1.11. The van der Waals surface area contributed by atoms with Crippen molar-refractivity contribution < 1.29 is 8.42 Å². The molecule has 1 aromatic carbocycles.